The Kier molecular flexibility index (Phi) is 4.94. The molecular weight excluding hydrogens is 290 g/mol. The van der Waals surface area contributed by atoms with Gasteiger partial charge in [-0.2, -0.15) is 0 Å². The molecule has 5 nitrogen and oxygen atoms in total. The van der Waals surface area contributed by atoms with Crippen molar-refractivity contribution in [2.45, 2.75) is 20.0 Å². The summed E-state index contributed by atoms with van der Waals surface area (Å²) in [4.78, 5) is 23.0. The number of carbonyl (C=O) groups excluding carboxylic acids is 1. The van der Waals surface area contributed by atoms with E-state index in [-0.39, 0.29) is 11.5 Å². The lowest BCUT2D eigenvalue weighted by Gasteiger charge is -2.05. The van der Waals surface area contributed by atoms with Crippen molar-refractivity contribution in [1.82, 2.24) is 0 Å². The first-order chi connectivity index (χ1) is 10.1. The van der Waals surface area contributed by atoms with Gasteiger partial charge in [-0.25, -0.2) is 9.59 Å². The Labute approximate surface area is 126 Å². The first-order valence-corrected chi connectivity index (χ1v) is 7.25. The van der Waals surface area contributed by atoms with Crippen LogP contribution in [0.2, 0.25) is 0 Å². The number of ether oxygens (including phenoxy) is 1. The van der Waals surface area contributed by atoms with Crippen molar-refractivity contribution in [2.24, 2.45) is 0 Å². The van der Waals surface area contributed by atoms with Gasteiger partial charge in [-0.05, 0) is 23.6 Å². The van der Waals surface area contributed by atoms with Crippen LogP contribution in [0.1, 0.15) is 27.7 Å². The molecule has 1 amide bonds. The monoisotopic (exact) mass is 305 g/mol. The van der Waals surface area contributed by atoms with E-state index in [0.29, 0.717) is 17.0 Å². The van der Waals surface area contributed by atoms with E-state index in [0.717, 1.165) is 16.9 Å². The van der Waals surface area contributed by atoms with Gasteiger partial charge in [0.1, 0.15) is 11.5 Å². The maximum atomic E-state index is 11.7. The van der Waals surface area contributed by atoms with E-state index in [9.17, 15) is 9.59 Å². The molecule has 2 rings (SSSR count). The highest BCUT2D eigenvalue weighted by atomic mass is 32.1. The highest BCUT2D eigenvalue weighted by Gasteiger charge is 2.15. The summed E-state index contributed by atoms with van der Waals surface area (Å²) in [5, 5.41) is 12.1. The maximum absolute atomic E-state index is 11.7. The number of benzene rings is 1. The molecule has 1 aromatic heterocycles. The van der Waals surface area contributed by atoms with E-state index in [1.165, 1.54) is 0 Å². The minimum Gasteiger partial charge on any atom is -0.477 e. The minimum atomic E-state index is -0.984. The number of aryl methyl sites for hydroxylation is 1. The van der Waals surface area contributed by atoms with Crippen LogP contribution in [0.5, 0.6) is 0 Å². The number of aromatic carboxylic acids is 1. The summed E-state index contributed by atoms with van der Waals surface area (Å²) in [5.41, 5.74) is 1.59. The summed E-state index contributed by atoms with van der Waals surface area (Å²) in [7, 11) is 0. The zero-order valence-electron chi connectivity index (χ0n) is 11.5. The van der Waals surface area contributed by atoms with Crippen LogP contribution < -0.4 is 5.32 Å². The standard InChI is InChI=1S/C15H15NO4S/c1-2-11-8-12(21-13(11)14(17)18)16-15(19)20-9-10-6-4-3-5-7-10/h3-8H,2,9H2,1H3,(H,16,19)(H,17,18). The molecule has 0 spiro atoms. The van der Waals surface area contributed by atoms with Crippen LogP contribution >= 0.6 is 11.3 Å². The number of hydrogen-bond acceptors (Lipinski definition) is 4. The number of rotatable bonds is 5. The molecule has 0 aliphatic carbocycles. The van der Waals surface area contributed by atoms with Crippen molar-refractivity contribution in [3.63, 3.8) is 0 Å². The fraction of sp³-hybridized carbons (Fsp3) is 0.200. The number of carbonyl (C=O) groups is 2. The quantitative estimate of drug-likeness (QED) is 0.882. The lowest BCUT2D eigenvalue weighted by atomic mass is 10.2. The van der Waals surface area contributed by atoms with Crippen LogP contribution in [-0.2, 0) is 17.8 Å². The number of carboxylic acid groups (broad SMARTS) is 1. The van der Waals surface area contributed by atoms with Crippen LogP contribution in [0.15, 0.2) is 36.4 Å². The van der Waals surface area contributed by atoms with Crippen LogP contribution in [0, 0.1) is 0 Å². The van der Waals surface area contributed by atoms with E-state index < -0.39 is 12.1 Å². The first-order valence-electron chi connectivity index (χ1n) is 6.44. The van der Waals surface area contributed by atoms with Crippen molar-refractivity contribution in [1.29, 1.82) is 0 Å². The Morgan fingerprint density at radius 3 is 2.57 bits per heavy atom. The predicted molar refractivity (Wildman–Crippen MR) is 80.9 cm³/mol. The second kappa shape index (κ2) is 6.90. The van der Waals surface area contributed by atoms with Crippen molar-refractivity contribution in [3.05, 3.63) is 52.4 Å². The number of carboxylic acids is 1. The van der Waals surface area contributed by atoms with Crippen LogP contribution in [0.4, 0.5) is 9.80 Å². The van der Waals surface area contributed by atoms with Gasteiger partial charge in [0.25, 0.3) is 0 Å². The lowest BCUT2D eigenvalue weighted by Crippen LogP contribution is -2.12. The van der Waals surface area contributed by atoms with Crippen molar-refractivity contribution >= 4 is 28.4 Å². The largest absolute Gasteiger partial charge is 0.477 e. The molecule has 0 saturated heterocycles. The van der Waals surface area contributed by atoms with E-state index in [2.05, 4.69) is 5.32 Å². The van der Waals surface area contributed by atoms with Crippen molar-refractivity contribution in [2.75, 3.05) is 5.32 Å². The third kappa shape index (κ3) is 4.06. The molecule has 0 unspecified atom stereocenters. The maximum Gasteiger partial charge on any atom is 0.412 e. The molecule has 0 radical (unpaired) electrons. The van der Waals surface area contributed by atoms with E-state index in [1.807, 2.05) is 37.3 Å². The molecule has 1 heterocycles. The average molecular weight is 305 g/mol. The zero-order chi connectivity index (χ0) is 15.2. The van der Waals surface area contributed by atoms with Gasteiger partial charge >= 0.3 is 12.1 Å². The minimum absolute atomic E-state index is 0.171. The molecule has 0 atom stereocenters. The first kappa shape index (κ1) is 15.1. The molecule has 0 bridgehead atoms. The smallest absolute Gasteiger partial charge is 0.412 e. The van der Waals surface area contributed by atoms with Gasteiger partial charge in [-0.1, -0.05) is 37.3 Å². The highest BCUT2D eigenvalue weighted by molar-refractivity contribution is 7.18. The molecule has 2 N–H and O–H groups in total. The summed E-state index contributed by atoms with van der Waals surface area (Å²) in [6.07, 6.45) is -0.00140. The van der Waals surface area contributed by atoms with Crippen molar-refractivity contribution < 1.29 is 19.4 Å². The second-order valence-electron chi connectivity index (χ2n) is 4.31. The molecule has 0 aliphatic rings. The summed E-state index contributed by atoms with van der Waals surface area (Å²) in [5.74, 6) is -0.984. The third-order valence-corrected chi connectivity index (χ3v) is 3.90. The molecule has 2 aromatic rings. The third-order valence-electron chi connectivity index (χ3n) is 2.82. The van der Waals surface area contributed by atoms with Gasteiger partial charge < -0.3 is 9.84 Å². The number of thiophene rings is 1. The van der Waals surface area contributed by atoms with Gasteiger partial charge in [0, 0.05) is 0 Å². The van der Waals surface area contributed by atoms with Gasteiger partial charge in [-0.15, -0.1) is 11.3 Å². The summed E-state index contributed by atoms with van der Waals surface area (Å²) in [6.45, 7) is 2.04. The van der Waals surface area contributed by atoms with E-state index >= 15 is 0 Å². The number of anilines is 1. The normalized spacial score (nSPS) is 10.1. The Morgan fingerprint density at radius 2 is 2.00 bits per heavy atom. The molecule has 0 aliphatic heterocycles. The fourth-order valence-corrected chi connectivity index (χ4v) is 2.77. The van der Waals surface area contributed by atoms with Crippen LogP contribution in [0.25, 0.3) is 0 Å². The highest BCUT2D eigenvalue weighted by Crippen LogP contribution is 2.27. The number of hydrogen-bond donors (Lipinski definition) is 2. The number of amides is 1. The predicted octanol–water partition coefficient (Wildman–Crippen LogP) is 3.76. The molecule has 21 heavy (non-hydrogen) atoms. The molecule has 0 fully saturated rings. The Bertz CT molecular complexity index is 636. The molecule has 110 valence electrons. The number of nitrogens with one attached hydrogen (secondary N) is 1. The summed E-state index contributed by atoms with van der Waals surface area (Å²) in [6, 6.07) is 11.0. The van der Waals surface area contributed by atoms with Gasteiger partial charge in [0.2, 0.25) is 0 Å². The molecule has 0 saturated carbocycles. The Hall–Kier alpha value is -2.34. The van der Waals surface area contributed by atoms with Crippen LogP contribution in [0.3, 0.4) is 0 Å². The van der Waals surface area contributed by atoms with E-state index in [4.69, 9.17) is 9.84 Å². The summed E-state index contributed by atoms with van der Waals surface area (Å²) >= 11 is 1.03. The summed E-state index contributed by atoms with van der Waals surface area (Å²) < 4.78 is 5.08. The van der Waals surface area contributed by atoms with Crippen molar-refractivity contribution in [3.8, 4) is 0 Å². The zero-order valence-corrected chi connectivity index (χ0v) is 12.3. The second-order valence-corrected chi connectivity index (χ2v) is 5.36. The molecule has 6 heteroatoms. The molecule has 1 aromatic carbocycles. The Morgan fingerprint density at radius 1 is 1.29 bits per heavy atom. The van der Waals surface area contributed by atoms with Crippen LogP contribution in [-0.4, -0.2) is 17.2 Å². The SMILES string of the molecule is CCc1cc(NC(=O)OCc2ccccc2)sc1C(=O)O. The van der Waals surface area contributed by atoms with Gasteiger partial charge in [0.05, 0.1) is 5.00 Å². The molecular formula is C15H15NO4S. The lowest BCUT2D eigenvalue weighted by molar-refractivity contribution is 0.0701. The topological polar surface area (TPSA) is 75.6 Å². The fourth-order valence-electron chi connectivity index (χ4n) is 1.79. The Balaban J connectivity index is 1.95. The van der Waals surface area contributed by atoms with Gasteiger partial charge in [-0.3, -0.25) is 5.32 Å². The van der Waals surface area contributed by atoms with E-state index in [1.54, 1.807) is 6.07 Å². The average Bonchev–Trinajstić information content (AvgIpc) is 2.89. The van der Waals surface area contributed by atoms with Gasteiger partial charge in [0.15, 0.2) is 0 Å².